The maximum Gasteiger partial charge on any atom is 0.319 e. The standard InChI is InChI=1S/C22H28FN5O2/c1-27-13-15-28(16-14-27)18-9-7-17(8-10-18)26-22(30)25-12-4-11-24-21(29)19-5-2-3-6-20(19)23/h2-3,5-10H,4,11-16H2,1H3,(H,24,29)(H2,25,26,30). The highest BCUT2D eigenvalue weighted by molar-refractivity contribution is 5.94. The van der Waals surface area contributed by atoms with Crippen LogP contribution < -0.4 is 20.9 Å². The van der Waals surface area contributed by atoms with Crippen LogP contribution >= 0.6 is 0 Å². The number of anilines is 2. The fourth-order valence-corrected chi connectivity index (χ4v) is 3.23. The summed E-state index contributed by atoms with van der Waals surface area (Å²) in [5.41, 5.74) is 1.89. The van der Waals surface area contributed by atoms with E-state index in [0.717, 1.165) is 37.6 Å². The van der Waals surface area contributed by atoms with Gasteiger partial charge in [0.05, 0.1) is 5.56 Å². The summed E-state index contributed by atoms with van der Waals surface area (Å²) in [6, 6.07) is 13.3. The number of carbonyl (C=O) groups excluding carboxylic acids is 2. The van der Waals surface area contributed by atoms with Crippen LogP contribution in [0, 0.1) is 5.82 Å². The molecule has 3 N–H and O–H groups in total. The zero-order valence-electron chi connectivity index (χ0n) is 17.2. The van der Waals surface area contributed by atoms with Crippen LogP contribution in [0.5, 0.6) is 0 Å². The average molecular weight is 413 g/mol. The fraction of sp³-hybridized carbons (Fsp3) is 0.364. The average Bonchev–Trinajstić information content (AvgIpc) is 2.75. The number of urea groups is 1. The third kappa shape index (κ3) is 6.18. The van der Waals surface area contributed by atoms with Gasteiger partial charge >= 0.3 is 6.03 Å². The summed E-state index contributed by atoms with van der Waals surface area (Å²) in [4.78, 5) is 28.6. The fourth-order valence-electron chi connectivity index (χ4n) is 3.23. The summed E-state index contributed by atoms with van der Waals surface area (Å²) >= 11 is 0. The molecule has 1 saturated heterocycles. The van der Waals surface area contributed by atoms with Crippen molar-refractivity contribution in [3.8, 4) is 0 Å². The Morgan fingerprint density at radius 3 is 2.30 bits per heavy atom. The van der Waals surface area contributed by atoms with Crippen molar-refractivity contribution in [3.05, 3.63) is 59.9 Å². The Kier molecular flexibility index (Phi) is 7.62. The molecule has 1 heterocycles. The molecule has 1 aliphatic heterocycles. The topological polar surface area (TPSA) is 76.7 Å². The lowest BCUT2D eigenvalue weighted by molar-refractivity contribution is 0.0949. The first-order chi connectivity index (χ1) is 14.5. The number of hydrogen-bond acceptors (Lipinski definition) is 4. The molecule has 1 fully saturated rings. The molecular weight excluding hydrogens is 385 g/mol. The maximum atomic E-state index is 13.5. The second-order valence-electron chi connectivity index (χ2n) is 7.31. The molecule has 0 radical (unpaired) electrons. The van der Waals surface area contributed by atoms with Crippen molar-refractivity contribution in [1.29, 1.82) is 0 Å². The molecule has 0 unspecified atom stereocenters. The van der Waals surface area contributed by atoms with E-state index in [-0.39, 0.29) is 11.6 Å². The van der Waals surface area contributed by atoms with Gasteiger partial charge in [0.2, 0.25) is 0 Å². The molecule has 0 atom stereocenters. The highest BCUT2D eigenvalue weighted by atomic mass is 19.1. The molecule has 160 valence electrons. The van der Waals surface area contributed by atoms with E-state index >= 15 is 0 Å². The van der Waals surface area contributed by atoms with E-state index in [2.05, 4.69) is 32.8 Å². The Morgan fingerprint density at radius 1 is 0.933 bits per heavy atom. The van der Waals surface area contributed by atoms with E-state index in [0.29, 0.717) is 19.5 Å². The summed E-state index contributed by atoms with van der Waals surface area (Å²) in [5.74, 6) is -1.01. The zero-order chi connectivity index (χ0) is 21.3. The molecule has 3 amide bonds. The van der Waals surface area contributed by atoms with Crippen LogP contribution in [-0.2, 0) is 0 Å². The van der Waals surface area contributed by atoms with Gasteiger partial charge in [0.15, 0.2) is 0 Å². The number of halogens is 1. The molecule has 1 aliphatic rings. The third-order valence-electron chi connectivity index (χ3n) is 5.04. The van der Waals surface area contributed by atoms with Gasteiger partial charge in [-0.3, -0.25) is 4.79 Å². The van der Waals surface area contributed by atoms with E-state index in [1.54, 1.807) is 6.07 Å². The van der Waals surface area contributed by atoms with E-state index in [1.807, 2.05) is 24.3 Å². The normalized spacial score (nSPS) is 14.3. The van der Waals surface area contributed by atoms with Crippen LogP contribution in [-0.4, -0.2) is 63.2 Å². The number of carbonyl (C=O) groups is 2. The van der Waals surface area contributed by atoms with Crippen LogP contribution in [0.1, 0.15) is 16.8 Å². The van der Waals surface area contributed by atoms with Gasteiger partial charge in [-0.1, -0.05) is 12.1 Å². The first kappa shape index (κ1) is 21.6. The van der Waals surface area contributed by atoms with E-state index < -0.39 is 11.7 Å². The SMILES string of the molecule is CN1CCN(c2ccc(NC(=O)NCCCNC(=O)c3ccccc3F)cc2)CC1. The summed E-state index contributed by atoms with van der Waals surface area (Å²) in [7, 11) is 2.12. The molecule has 0 bridgehead atoms. The van der Waals surface area contributed by atoms with Gasteiger partial charge in [0.1, 0.15) is 5.82 Å². The Morgan fingerprint density at radius 2 is 1.60 bits per heavy atom. The van der Waals surface area contributed by atoms with Crippen LogP contribution in [0.4, 0.5) is 20.6 Å². The summed E-state index contributed by atoms with van der Waals surface area (Å²) in [6.45, 7) is 4.82. The van der Waals surface area contributed by atoms with Gasteiger partial charge in [-0.25, -0.2) is 9.18 Å². The number of likely N-dealkylation sites (N-methyl/N-ethyl adjacent to an activating group) is 1. The second-order valence-corrected chi connectivity index (χ2v) is 7.31. The largest absolute Gasteiger partial charge is 0.369 e. The number of nitrogens with zero attached hydrogens (tertiary/aromatic N) is 2. The van der Waals surface area contributed by atoms with Crippen LogP contribution in [0.3, 0.4) is 0 Å². The van der Waals surface area contributed by atoms with Crippen molar-refractivity contribution in [2.75, 3.05) is 56.5 Å². The summed E-state index contributed by atoms with van der Waals surface area (Å²) < 4.78 is 13.5. The predicted octanol–water partition coefficient (Wildman–Crippen LogP) is 2.52. The third-order valence-corrected chi connectivity index (χ3v) is 5.04. The smallest absolute Gasteiger partial charge is 0.319 e. The predicted molar refractivity (Wildman–Crippen MR) is 117 cm³/mol. The minimum absolute atomic E-state index is 0.0169. The molecule has 0 saturated carbocycles. The minimum Gasteiger partial charge on any atom is -0.369 e. The molecular formula is C22H28FN5O2. The minimum atomic E-state index is -0.550. The Labute approximate surface area is 176 Å². The van der Waals surface area contributed by atoms with E-state index in [9.17, 15) is 14.0 Å². The number of hydrogen-bond donors (Lipinski definition) is 3. The van der Waals surface area contributed by atoms with Gasteiger partial charge < -0.3 is 25.8 Å². The molecule has 0 aliphatic carbocycles. The first-order valence-electron chi connectivity index (χ1n) is 10.1. The summed E-state index contributed by atoms with van der Waals surface area (Å²) in [6.07, 6.45) is 0.538. The molecule has 0 spiro atoms. The first-order valence-corrected chi connectivity index (χ1v) is 10.1. The quantitative estimate of drug-likeness (QED) is 0.610. The van der Waals surface area contributed by atoms with Crippen molar-refractivity contribution in [2.45, 2.75) is 6.42 Å². The van der Waals surface area contributed by atoms with Gasteiger partial charge in [0.25, 0.3) is 5.91 Å². The van der Waals surface area contributed by atoms with Crippen LogP contribution in [0.2, 0.25) is 0 Å². The number of nitrogens with one attached hydrogen (secondary N) is 3. The van der Waals surface area contributed by atoms with Gasteiger partial charge in [-0.15, -0.1) is 0 Å². The van der Waals surface area contributed by atoms with Gasteiger partial charge in [-0.2, -0.15) is 0 Å². The van der Waals surface area contributed by atoms with E-state index in [1.165, 1.54) is 18.2 Å². The van der Waals surface area contributed by atoms with Crippen molar-refractivity contribution in [1.82, 2.24) is 15.5 Å². The monoisotopic (exact) mass is 413 g/mol. The lowest BCUT2D eigenvalue weighted by Crippen LogP contribution is -2.44. The van der Waals surface area contributed by atoms with Crippen molar-refractivity contribution >= 4 is 23.3 Å². The maximum absolute atomic E-state index is 13.5. The molecule has 3 rings (SSSR count). The van der Waals surface area contributed by atoms with Crippen molar-refractivity contribution in [3.63, 3.8) is 0 Å². The van der Waals surface area contributed by atoms with Gasteiger partial charge in [-0.05, 0) is 49.9 Å². The molecule has 7 nitrogen and oxygen atoms in total. The molecule has 30 heavy (non-hydrogen) atoms. The molecule has 2 aromatic carbocycles. The van der Waals surface area contributed by atoms with Crippen molar-refractivity contribution < 1.29 is 14.0 Å². The Hall–Kier alpha value is -3.13. The number of piperazine rings is 1. The van der Waals surface area contributed by atoms with Crippen LogP contribution in [0.25, 0.3) is 0 Å². The van der Waals surface area contributed by atoms with Crippen molar-refractivity contribution in [2.24, 2.45) is 0 Å². The van der Waals surface area contributed by atoms with Gasteiger partial charge in [0, 0.05) is 50.6 Å². The highest BCUT2D eigenvalue weighted by Crippen LogP contribution is 2.19. The Balaban J connectivity index is 1.34. The molecule has 8 heteroatoms. The molecule has 2 aromatic rings. The lowest BCUT2D eigenvalue weighted by Gasteiger charge is -2.34. The van der Waals surface area contributed by atoms with E-state index in [4.69, 9.17) is 0 Å². The second kappa shape index (κ2) is 10.6. The lowest BCUT2D eigenvalue weighted by atomic mass is 10.2. The Bertz CT molecular complexity index is 851. The highest BCUT2D eigenvalue weighted by Gasteiger charge is 2.14. The number of benzene rings is 2. The number of rotatable bonds is 7. The number of amides is 3. The molecule has 0 aromatic heterocycles. The van der Waals surface area contributed by atoms with Crippen LogP contribution in [0.15, 0.2) is 48.5 Å². The zero-order valence-corrected chi connectivity index (χ0v) is 17.2. The summed E-state index contributed by atoms with van der Waals surface area (Å²) in [5, 5.41) is 8.19.